The zero-order valence-corrected chi connectivity index (χ0v) is 14.0. The Balaban J connectivity index is 1.58. The standard InChI is InChI=1S/C18H23N3O3/c1-23-12-10-16-19-18(24-20-16)15-7-8-17(22)21(13-15)11-9-14-5-3-2-4-6-14/h2-6,15H,7-13H2,1H3. The molecule has 1 fully saturated rings. The van der Waals surface area contributed by atoms with Crippen LogP contribution in [0.15, 0.2) is 34.9 Å². The summed E-state index contributed by atoms with van der Waals surface area (Å²) in [6.45, 7) is 1.95. The lowest BCUT2D eigenvalue weighted by atomic mass is 9.97. The molecule has 1 aliphatic heterocycles. The van der Waals surface area contributed by atoms with Gasteiger partial charge in [-0.15, -0.1) is 0 Å². The molecule has 24 heavy (non-hydrogen) atoms. The van der Waals surface area contributed by atoms with Crippen LogP contribution >= 0.6 is 0 Å². The molecule has 2 heterocycles. The molecule has 1 aliphatic rings. The van der Waals surface area contributed by atoms with E-state index >= 15 is 0 Å². The van der Waals surface area contributed by atoms with Gasteiger partial charge in [-0.3, -0.25) is 4.79 Å². The largest absolute Gasteiger partial charge is 0.384 e. The van der Waals surface area contributed by atoms with Crippen LogP contribution in [-0.4, -0.2) is 47.8 Å². The van der Waals surface area contributed by atoms with E-state index in [1.165, 1.54) is 5.56 Å². The summed E-state index contributed by atoms with van der Waals surface area (Å²) in [6.07, 6.45) is 2.81. The fourth-order valence-corrected chi connectivity index (χ4v) is 2.97. The Morgan fingerprint density at radius 3 is 2.92 bits per heavy atom. The number of carbonyl (C=O) groups excluding carboxylic acids is 1. The van der Waals surface area contributed by atoms with Crippen molar-refractivity contribution in [3.05, 3.63) is 47.6 Å². The minimum absolute atomic E-state index is 0.127. The third-order valence-corrected chi connectivity index (χ3v) is 4.38. The SMILES string of the molecule is COCCc1noc(C2CCC(=O)N(CCc3ccccc3)C2)n1. The molecule has 0 N–H and O–H groups in total. The molecule has 0 bridgehead atoms. The van der Waals surface area contributed by atoms with Crippen LogP contribution in [0.1, 0.15) is 36.0 Å². The van der Waals surface area contributed by atoms with Gasteiger partial charge in [-0.05, 0) is 18.4 Å². The second kappa shape index (κ2) is 8.06. The molecule has 3 rings (SSSR count). The number of hydrogen-bond acceptors (Lipinski definition) is 5. The molecule has 1 aromatic heterocycles. The Bertz CT molecular complexity index is 657. The van der Waals surface area contributed by atoms with Gasteiger partial charge in [0.1, 0.15) is 0 Å². The summed E-state index contributed by atoms with van der Waals surface area (Å²) in [5.74, 6) is 1.64. The van der Waals surface area contributed by atoms with Gasteiger partial charge in [0.25, 0.3) is 0 Å². The van der Waals surface area contributed by atoms with E-state index in [1.54, 1.807) is 7.11 Å². The predicted molar refractivity (Wildman–Crippen MR) is 88.6 cm³/mol. The van der Waals surface area contributed by atoms with Crippen molar-refractivity contribution in [3.8, 4) is 0 Å². The molecule has 2 aromatic rings. The maximum atomic E-state index is 12.2. The van der Waals surface area contributed by atoms with Crippen LogP contribution in [0.5, 0.6) is 0 Å². The van der Waals surface area contributed by atoms with Crippen LogP contribution in [0, 0.1) is 0 Å². The number of aromatic nitrogens is 2. The van der Waals surface area contributed by atoms with E-state index in [-0.39, 0.29) is 11.8 Å². The summed E-state index contributed by atoms with van der Waals surface area (Å²) in [5.41, 5.74) is 1.24. The highest BCUT2D eigenvalue weighted by Gasteiger charge is 2.30. The van der Waals surface area contributed by atoms with Gasteiger partial charge in [0, 0.05) is 33.0 Å². The number of benzene rings is 1. The first-order valence-electron chi connectivity index (χ1n) is 8.39. The van der Waals surface area contributed by atoms with E-state index in [1.807, 2.05) is 23.1 Å². The normalized spacial score (nSPS) is 18.1. The molecule has 0 aliphatic carbocycles. The Kier molecular flexibility index (Phi) is 5.59. The number of carbonyl (C=O) groups is 1. The molecule has 0 spiro atoms. The molecular formula is C18H23N3O3. The van der Waals surface area contributed by atoms with Crippen molar-refractivity contribution in [2.75, 3.05) is 26.8 Å². The molecular weight excluding hydrogens is 306 g/mol. The average Bonchev–Trinajstić information content (AvgIpc) is 3.09. The maximum absolute atomic E-state index is 12.2. The third-order valence-electron chi connectivity index (χ3n) is 4.38. The first kappa shape index (κ1) is 16.6. The van der Waals surface area contributed by atoms with Crippen LogP contribution in [0.4, 0.5) is 0 Å². The van der Waals surface area contributed by atoms with Gasteiger partial charge in [0.05, 0.1) is 12.5 Å². The van der Waals surface area contributed by atoms with Crippen molar-refractivity contribution in [1.29, 1.82) is 0 Å². The highest BCUT2D eigenvalue weighted by atomic mass is 16.5. The topological polar surface area (TPSA) is 68.5 Å². The summed E-state index contributed by atoms with van der Waals surface area (Å²) in [7, 11) is 1.65. The van der Waals surface area contributed by atoms with Gasteiger partial charge in [-0.25, -0.2) is 0 Å². The van der Waals surface area contributed by atoms with Crippen LogP contribution < -0.4 is 0 Å². The van der Waals surface area contributed by atoms with Crippen molar-refractivity contribution in [2.45, 2.75) is 31.6 Å². The smallest absolute Gasteiger partial charge is 0.231 e. The van der Waals surface area contributed by atoms with Crippen molar-refractivity contribution in [3.63, 3.8) is 0 Å². The zero-order chi connectivity index (χ0) is 16.8. The first-order valence-corrected chi connectivity index (χ1v) is 8.39. The lowest BCUT2D eigenvalue weighted by molar-refractivity contribution is -0.133. The molecule has 128 valence electrons. The second-order valence-electron chi connectivity index (χ2n) is 6.10. The van der Waals surface area contributed by atoms with E-state index in [2.05, 4.69) is 22.3 Å². The first-order chi connectivity index (χ1) is 11.8. The second-order valence-corrected chi connectivity index (χ2v) is 6.10. The van der Waals surface area contributed by atoms with E-state index in [9.17, 15) is 4.79 Å². The van der Waals surface area contributed by atoms with Crippen molar-refractivity contribution in [1.82, 2.24) is 15.0 Å². The number of amides is 1. The average molecular weight is 329 g/mol. The Morgan fingerprint density at radius 1 is 1.29 bits per heavy atom. The van der Waals surface area contributed by atoms with Gasteiger partial charge >= 0.3 is 0 Å². The van der Waals surface area contributed by atoms with Gasteiger partial charge < -0.3 is 14.2 Å². The van der Waals surface area contributed by atoms with Gasteiger partial charge in [0.15, 0.2) is 5.82 Å². The summed E-state index contributed by atoms with van der Waals surface area (Å²) in [6, 6.07) is 10.2. The van der Waals surface area contributed by atoms with Crippen LogP contribution in [-0.2, 0) is 22.4 Å². The molecule has 6 heteroatoms. The number of likely N-dealkylation sites (tertiary alicyclic amines) is 1. The minimum atomic E-state index is 0.127. The Labute approximate surface area is 141 Å². The van der Waals surface area contributed by atoms with Crippen molar-refractivity contribution < 1.29 is 14.1 Å². The quantitative estimate of drug-likeness (QED) is 0.779. The number of rotatable bonds is 7. The van der Waals surface area contributed by atoms with E-state index in [0.717, 1.165) is 19.4 Å². The van der Waals surface area contributed by atoms with Crippen molar-refractivity contribution >= 4 is 5.91 Å². The Hall–Kier alpha value is -2.21. The fraction of sp³-hybridized carbons (Fsp3) is 0.500. The molecule has 1 saturated heterocycles. The van der Waals surface area contributed by atoms with E-state index in [0.29, 0.717) is 37.7 Å². The van der Waals surface area contributed by atoms with Gasteiger partial charge in [-0.2, -0.15) is 4.98 Å². The molecule has 0 radical (unpaired) electrons. The third kappa shape index (κ3) is 4.20. The highest BCUT2D eigenvalue weighted by molar-refractivity contribution is 5.77. The monoisotopic (exact) mass is 329 g/mol. The van der Waals surface area contributed by atoms with Gasteiger partial charge in [0.2, 0.25) is 11.8 Å². The summed E-state index contributed by atoms with van der Waals surface area (Å²) < 4.78 is 10.4. The summed E-state index contributed by atoms with van der Waals surface area (Å²) >= 11 is 0. The summed E-state index contributed by atoms with van der Waals surface area (Å²) in [5, 5.41) is 4.00. The molecule has 0 saturated carbocycles. The van der Waals surface area contributed by atoms with Gasteiger partial charge in [-0.1, -0.05) is 35.5 Å². The molecule has 6 nitrogen and oxygen atoms in total. The lowest BCUT2D eigenvalue weighted by Gasteiger charge is -2.31. The Morgan fingerprint density at radius 2 is 2.12 bits per heavy atom. The number of ether oxygens (including phenoxy) is 1. The number of nitrogens with zero attached hydrogens (tertiary/aromatic N) is 3. The lowest BCUT2D eigenvalue weighted by Crippen LogP contribution is -2.40. The minimum Gasteiger partial charge on any atom is -0.384 e. The molecule has 1 amide bonds. The number of methoxy groups -OCH3 is 1. The maximum Gasteiger partial charge on any atom is 0.231 e. The molecule has 1 atom stereocenters. The van der Waals surface area contributed by atoms with E-state index < -0.39 is 0 Å². The number of hydrogen-bond donors (Lipinski definition) is 0. The van der Waals surface area contributed by atoms with Crippen LogP contribution in [0.3, 0.4) is 0 Å². The summed E-state index contributed by atoms with van der Waals surface area (Å²) in [4.78, 5) is 18.6. The van der Waals surface area contributed by atoms with E-state index in [4.69, 9.17) is 9.26 Å². The highest BCUT2D eigenvalue weighted by Crippen LogP contribution is 2.26. The van der Waals surface area contributed by atoms with Crippen molar-refractivity contribution in [2.24, 2.45) is 0 Å². The molecule has 1 unspecified atom stereocenters. The van der Waals surface area contributed by atoms with Crippen LogP contribution in [0.2, 0.25) is 0 Å². The fourth-order valence-electron chi connectivity index (χ4n) is 2.97. The number of piperidine rings is 1. The molecule has 1 aromatic carbocycles. The predicted octanol–water partition coefficient (Wildman–Crippen LogP) is 2.21. The zero-order valence-electron chi connectivity index (χ0n) is 14.0. The van der Waals surface area contributed by atoms with Crippen LogP contribution in [0.25, 0.3) is 0 Å².